The molecule has 1 aromatic carbocycles. The first-order chi connectivity index (χ1) is 13.5. The van der Waals surface area contributed by atoms with Gasteiger partial charge >= 0.3 is 0 Å². The van der Waals surface area contributed by atoms with Gasteiger partial charge in [-0.15, -0.1) is 11.3 Å². The number of rotatable bonds is 7. The van der Waals surface area contributed by atoms with E-state index < -0.39 is 0 Å². The molecule has 0 spiro atoms. The molecule has 3 rings (SSSR count). The van der Waals surface area contributed by atoms with E-state index in [1.165, 1.54) is 16.9 Å². The molecule has 0 atom stereocenters. The molecule has 0 radical (unpaired) electrons. The van der Waals surface area contributed by atoms with Crippen molar-refractivity contribution in [2.24, 2.45) is 0 Å². The lowest BCUT2D eigenvalue weighted by Gasteiger charge is -2.35. The monoisotopic (exact) mass is 398 g/mol. The summed E-state index contributed by atoms with van der Waals surface area (Å²) in [5.74, 6) is 0.0321. The van der Waals surface area contributed by atoms with E-state index in [0.717, 1.165) is 31.2 Å². The number of benzene rings is 1. The molecule has 2 aromatic rings. The van der Waals surface area contributed by atoms with Crippen molar-refractivity contribution in [3.05, 3.63) is 57.8 Å². The Bertz CT molecular complexity index is 781. The van der Waals surface area contributed by atoms with Crippen molar-refractivity contribution in [3.63, 3.8) is 0 Å². The maximum atomic E-state index is 13.3. The van der Waals surface area contributed by atoms with Crippen LogP contribution in [0.4, 0.5) is 0 Å². The van der Waals surface area contributed by atoms with E-state index >= 15 is 0 Å². The highest BCUT2D eigenvalue weighted by Crippen LogP contribution is 2.24. The first-order valence-corrected chi connectivity index (χ1v) is 11.0. The third kappa shape index (κ3) is 5.44. The Morgan fingerprint density at radius 1 is 1.04 bits per heavy atom. The Hall–Kier alpha value is -2.14. The normalized spacial score (nSPS) is 14.6. The maximum Gasteiger partial charge on any atom is 0.242 e. The van der Waals surface area contributed by atoms with Crippen LogP contribution in [0.25, 0.3) is 0 Å². The molecule has 28 heavy (non-hydrogen) atoms. The van der Waals surface area contributed by atoms with Gasteiger partial charge in [-0.1, -0.05) is 49.6 Å². The van der Waals surface area contributed by atoms with Gasteiger partial charge in [0.05, 0.1) is 6.54 Å². The lowest BCUT2D eigenvalue weighted by Crippen LogP contribution is -2.47. The molecule has 0 saturated heterocycles. The van der Waals surface area contributed by atoms with Crippen LogP contribution in [0.15, 0.2) is 41.8 Å². The van der Waals surface area contributed by atoms with Crippen molar-refractivity contribution in [1.29, 1.82) is 0 Å². The average Bonchev–Trinajstić information content (AvgIpc) is 3.11. The van der Waals surface area contributed by atoms with E-state index in [2.05, 4.69) is 18.4 Å². The molecule has 1 heterocycles. The largest absolute Gasteiger partial charge is 0.332 e. The molecule has 0 bridgehead atoms. The molecule has 0 aliphatic heterocycles. The number of amides is 2. The first kappa shape index (κ1) is 20.6. The molecule has 2 amide bonds. The number of carbonyl (C=O) groups is 2. The number of hydrogen-bond acceptors (Lipinski definition) is 3. The van der Waals surface area contributed by atoms with E-state index in [0.29, 0.717) is 13.1 Å². The Balaban J connectivity index is 1.76. The van der Waals surface area contributed by atoms with Gasteiger partial charge in [0.2, 0.25) is 11.8 Å². The molecule has 150 valence electrons. The third-order valence-corrected chi connectivity index (χ3v) is 6.60. The van der Waals surface area contributed by atoms with Crippen molar-refractivity contribution >= 4 is 23.2 Å². The molecule has 1 aliphatic carbocycles. The van der Waals surface area contributed by atoms with Crippen molar-refractivity contribution in [1.82, 2.24) is 9.80 Å². The van der Waals surface area contributed by atoms with Crippen LogP contribution in [0, 0.1) is 6.92 Å². The smallest absolute Gasteiger partial charge is 0.242 e. The summed E-state index contributed by atoms with van der Waals surface area (Å²) < 4.78 is 0. The molecule has 5 heteroatoms. The van der Waals surface area contributed by atoms with Crippen molar-refractivity contribution < 1.29 is 9.59 Å². The van der Waals surface area contributed by atoms with Gasteiger partial charge in [-0.2, -0.15) is 0 Å². The molecule has 0 unspecified atom stereocenters. The lowest BCUT2D eigenvalue weighted by molar-refractivity contribution is -0.142. The Morgan fingerprint density at radius 2 is 1.75 bits per heavy atom. The van der Waals surface area contributed by atoms with Crippen LogP contribution >= 0.6 is 11.3 Å². The highest BCUT2D eigenvalue weighted by molar-refractivity contribution is 7.10. The minimum Gasteiger partial charge on any atom is -0.332 e. The molecule has 0 N–H and O–H groups in total. The zero-order valence-corrected chi connectivity index (χ0v) is 17.7. The standard InChI is InChI=1S/C23H30N2O2S/c1-18-13-14-28-22(18)16-24(15-20-9-5-3-6-10-20)23(27)17-25(19(2)26)21-11-7-4-8-12-21/h3,5-6,9-10,13-14,21H,4,7-8,11-12,15-17H2,1-2H3. The molecule has 4 nitrogen and oxygen atoms in total. The second-order valence-electron chi connectivity index (χ2n) is 7.70. The van der Waals surface area contributed by atoms with Crippen LogP contribution in [0.5, 0.6) is 0 Å². The van der Waals surface area contributed by atoms with E-state index in [4.69, 9.17) is 0 Å². The second kappa shape index (κ2) is 9.87. The zero-order valence-electron chi connectivity index (χ0n) is 16.9. The lowest BCUT2D eigenvalue weighted by atomic mass is 9.94. The van der Waals surface area contributed by atoms with Gasteiger partial charge in [0.15, 0.2) is 0 Å². The summed E-state index contributed by atoms with van der Waals surface area (Å²) in [6, 6.07) is 12.4. The number of aryl methyl sites for hydroxylation is 1. The van der Waals surface area contributed by atoms with Gasteiger partial charge in [-0.05, 0) is 42.3 Å². The second-order valence-corrected chi connectivity index (χ2v) is 8.70. The van der Waals surface area contributed by atoms with E-state index in [-0.39, 0.29) is 24.4 Å². The van der Waals surface area contributed by atoms with Gasteiger partial charge < -0.3 is 9.80 Å². The summed E-state index contributed by atoms with van der Waals surface area (Å²) in [5.41, 5.74) is 2.32. The predicted octanol–water partition coefficient (Wildman–Crippen LogP) is 4.77. The summed E-state index contributed by atoms with van der Waals surface area (Å²) >= 11 is 1.68. The van der Waals surface area contributed by atoms with E-state index in [1.54, 1.807) is 23.2 Å². The van der Waals surface area contributed by atoms with E-state index in [9.17, 15) is 9.59 Å². The topological polar surface area (TPSA) is 40.6 Å². The van der Waals surface area contributed by atoms with Crippen LogP contribution in [0.1, 0.15) is 55.0 Å². The molecular weight excluding hydrogens is 368 g/mol. The first-order valence-electron chi connectivity index (χ1n) is 10.2. The summed E-state index contributed by atoms with van der Waals surface area (Å²) in [4.78, 5) is 30.5. The fourth-order valence-electron chi connectivity index (χ4n) is 3.91. The summed E-state index contributed by atoms with van der Waals surface area (Å²) in [6.45, 7) is 5.01. The average molecular weight is 399 g/mol. The van der Waals surface area contributed by atoms with Crippen molar-refractivity contribution in [2.75, 3.05) is 6.54 Å². The highest BCUT2D eigenvalue weighted by atomic mass is 32.1. The quantitative estimate of drug-likeness (QED) is 0.674. The molecular formula is C23H30N2O2S. The SMILES string of the molecule is CC(=O)N(CC(=O)N(Cc1ccccc1)Cc1sccc1C)C1CCCCC1. The fourth-order valence-corrected chi connectivity index (χ4v) is 4.83. The number of carbonyl (C=O) groups excluding carboxylic acids is 2. The van der Waals surface area contributed by atoms with Crippen LogP contribution < -0.4 is 0 Å². The van der Waals surface area contributed by atoms with E-state index in [1.807, 2.05) is 35.2 Å². The van der Waals surface area contributed by atoms with Crippen molar-refractivity contribution in [3.8, 4) is 0 Å². The molecule has 1 saturated carbocycles. The Morgan fingerprint density at radius 3 is 2.36 bits per heavy atom. The van der Waals surface area contributed by atoms with Gasteiger partial charge in [0.1, 0.15) is 6.54 Å². The highest BCUT2D eigenvalue weighted by Gasteiger charge is 2.27. The Labute approximate surface area is 172 Å². The fraction of sp³-hybridized carbons (Fsp3) is 0.478. The van der Waals surface area contributed by atoms with Crippen molar-refractivity contribution in [2.45, 2.75) is 65.1 Å². The van der Waals surface area contributed by atoms with Crippen LogP contribution in [0.3, 0.4) is 0 Å². The zero-order chi connectivity index (χ0) is 19.9. The molecule has 1 fully saturated rings. The summed E-state index contributed by atoms with van der Waals surface area (Å²) in [5, 5.41) is 2.07. The summed E-state index contributed by atoms with van der Waals surface area (Å²) in [7, 11) is 0. The van der Waals surface area contributed by atoms with Gasteiger partial charge in [-0.25, -0.2) is 0 Å². The maximum absolute atomic E-state index is 13.3. The van der Waals surface area contributed by atoms with Gasteiger partial charge in [-0.3, -0.25) is 9.59 Å². The molecule has 1 aliphatic rings. The van der Waals surface area contributed by atoms with Crippen LogP contribution in [0.2, 0.25) is 0 Å². The van der Waals surface area contributed by atoms with Crippen LogP contribution in [-0.4, -0.2) is 34.2 Å². The predicted molar refractivity (Wildman–Crippen MR) is 114 cm³/mol. The number of thiophene rings is 1. The third-order valence-electron chi connectivity index (χ3n) is 5.60. The summed E-state index contributed by atoms with van der Waals surface area (Å²) in [6.07, 6.45) is 5.54. The molecule has 1 aromatic heterocycles. The number of nitrogens with zero attached hydrogens (tertiary/aromatic N) is 2. The minimum atomic E-state index is 0.00668. The number of hydrogen-bond donors (Lipinski definition) is 0. The minimum absolute atomic E-state index is 0.00668. The van der Waals surface area contributed by atoms with Gasteiger partial charge in [0.25, 0.3) is 0 Å². The van der Waals surface area contributed by atoms with Gasteiger partial charge in [0, 0.05) is 24.4 Å². The van der Waals surface area contributed by atoms with Crippen LogP contribution in [-0.2, 0) is 22.7 Å². The Kier molecular flexibility index (Phi) is 7.26.